The third-order valence-corrected chi connectivity index (χ3v) is 5.24. The van der Waals surface area contributed by atoms with Crippen molar-refractivity contribution in [3.63, 3.8) is 0 Å². The van der Waals surface area contributed by atoms with E-state index >= 15 is 0 Å². The second kappa shape index (κ2) is 10.7. The lowest BCUT2D eigenvalue weighted by molar-refractivity contribution is 0.269. The maximum Gasteiger partial charge on any atom is 0.163 e. The van der Waals surface area contributed by atoms with Gasteiger partial charge in [-0.3, -0.25) is 0 Å². The highest BCUT2D eigenvalue weighted by Crippen LogP contribution is 2.34. The summed E-state index contributed by atoms with van der Waals surface area (Å²) in [5, 5.41) is 5.40. The van der Waals surface area contributed by atoms with Gasteiger partial charge in [0, 0.05) is 34.2 Å². The zero-order valence-electron chi connectivity index (χ0n) is 16.1. The Hall–Kier alpha value is -1.91. The minimum absolute atomic E-state index is 0.376. The third kappa shape index (κ3) is 6.28. The Kier molecular flexibility index (Phi) is 8.08. The van der Waals surface area contributed by atoms with Crippen LogP contribution in [0.5, 0.6) is 11.5 Å². The van der Waals surface area contributed by atoms with E-state index in [4.69, 9.17) is 44.3 Å². The van der Waals surface area contributed by atoms with E-state index < -0.39 is 0 Å². The summed E-state index contributed by atoms with van der Waals surface area (Å²) in [6.07, 6.45) is 0. The van der Waals surface area contributed by atoms with Crippen molar-refractivity contribution in [2.75, 3.05) is 6.61 Å². The number of hydrogen-bond donors (Lipinski definition) is 1. The Labute approximate surface area is 186 Å². The second-order valence-corrected chi connectivity index (χ2v) is 7.69. The molecule has 29 heavy (non-hydrogen) atoms. The number of rotatable bonds is 9. The summed E-state index contributed by atoms with van der Waals surface area (Å²) in [6.45, 7) is 4.07. The maximum atomic E-state index is 6.50. The standard InChI is InChI=1S/C23H22Cl3NO2/c1-2-28-22-11-18(14-27-13-17-7-3-4-9-20(17)25)21(26)12-23(22)29-15-16-6-5-8-19(24)10-16/h3-12,27H,2,13-15H2,1H3. The zero-order valence-corrected chi connectivity index (χ0v) is 18.3. The number of hydrogen-bond acceptors (Lipinski definition) is 3. The fraction of sp³-hybridized carbons (Fsp3) is 0.217. The lowest BCUT2D eigenvalue weighted by atomic mass is 10.1. The van der Waals surface area contributed by atoms with E-state index in [0.29, 0.717) is 47.8 Å². The summed E-state index contributed by atoms with van der Waals surface area (Å²) in [4.78, 5) is 0. The molecule has 0 aliphatic heterocycles. The summed E-state index contributed by atoms with van der Waals surface area (Å²) in [6, 6.07) is 19.0. The highest BCUT2D eigenvalue weighted by Gasteiger charge is 2.12. The quantitative estimate of drug-likeness (QED) is 0.384. The van der Waals surface area contributed by atoms with Crippen molar-refractivity contribution >= 4 is 34.8 Å². The molecule has 0 fully saturated rings. The van der Waals surface area contributed by atoms with Crippen LogP contribution in [0.1, 0.15) is 23.6 Å². The number of benzene rings is 3. The zero-order chi connectivity index (χ0) is 20.6. The van der Waals surface area contributed by atoms with Crippen molar-refractivity contribution < 1.29 is 9.47 Å². The monoisotopic (exact) mass is 449 g/mol. The summed E-state index contributed by atoms with van der Waals surface area (Å²) in [5.41, 5.74) is 2.94. The van der Waals surface area contributed by atoms with Gasteiger partial charge in [0.25, 0.3) is 0 Å². The van der Waals surface area contributed by atoms with Crippen molar-refractivity contribution in [1.29, 1.82) is 0 Å². The molecular formula is C23H22Cl3NO2. The fourth-order valence-corrected chi connectivity index (χ4v) is 3.49. The van der Waals surface area contributed by atoms with Crippen molar-refractivity contribution in [1.82, 2.24) is 5.32 Å². The Morgan fingerprint density at radius 1 is 0.759 bits per heavy atom. The molecule has 0 saturated carbocycles. The van der Waals surface area contributed by atoms with Crippen LogP contribution < -0.4 is 14.8 Å². The fourth-order valence-electron chi connectivity index (χ4n) is 2.86. The first kappa shape index (κ1) is 21.8. The Balaban J connectivity index is 1.69. The Morgan fingerprint density at radius 3 is 2.28 bits per heavy atom. The first-order valence-electron chi connectivity index (χ1n) is 9.33. The van der Waals surface area contributed by atoms with Crippen molar-refractivity contribution in [3.05, 3.63) is 92.4 Å². The summed E-state index contributed by atoms with van der Waals surface area (Å²) in [7, 11) is 0. The van der Waals surface area contributed by atoms with Crippen LogP contribution in [0.15, 0.2) is 60.7 Å². The van der Waals surface area contributed by atoms with Gasteiger partial charge in [0.15, 0.2) is 11.5 Å². The van der Waals surface area contributed by atoms with Gasteiger partial charge in [0.05, 0.1) is 6.61 Å². The van der Waals surface area contributed by atoms with Gasteiger partial charge < -0.3 is 14.8 Å². The molecule has 0 aliphatic carbocycles. The molecule has 0 unspecified atom stereocenters. The molecule has 0 heterocycles. The van der Waals surface area contributed by atoms with Crippen LogP contribution >= 0.6 is 34.8 Å². The van der Waals surface area contributed by atoms with Gasteiger partial charge in [-0.1, -0.05) is 65.1 Å². The van der Waals surface area contributed by atoms with E-state index in [1.807, 2.05) is 61.5 Å². The molecule has 6 heteroatoms. The van der Waals surface area contributed by atoms with Gasteiger partial charge in [-0.15, -0.1) is 0 Å². The largest absolute Gasteiger partial charge is 0.490 e. The molecule has 0 radical (unpaired) electrons. The molecule has 0 spiro atoms. The topological polar surface area (TPSA) is 30.5 Å². The summed E-state index contributed by atoms with van der Waals surface area (Å²) < 4.78 is 11.7. The van der Waals surface area contributed by atoms with E-state index in [2.05, 4.69) is 5.32 Å². The van der Waals surface area contributed by atoms with Crippen LogP contribution in [0.4, 0.5) is 0 Å². The smallest absolute Gasteiger partial charge is 0.163 e. The molecule has 3 aromatic carbocycles. The van der Waals surface area contributed by atoms with Crippen LogP contribution in [0.25, 0.3) is 0 Å². The average Bonchev–Trinajstić information content (AvgIpc) is 2.70. The van der Waals surface area contributed by atoms with Crippen LogP contribution in [-0.2, 0) is 19.7 Å². The van der Waals surface area contributed by atoms with E-state index in [9.17, 15) is 0 Å². The second-order valence-electron chi connectivity index (χ2n) is 6.44. The molecule has 152 valence electrons. The molecule has 3 rings (SSSR count). The predicted octanol–water partition coefficient (Wildman–Crippen LogP) is 6.91. The molecule has 0 aliphatic rings. The minimum atomic E-state index is 0.376. The molecule has 0 aromatic heterocycles. The van der Waals surface area contributed by atoms with E-state index in [0.717, 1.165) is 21.7 Å². The van der Waals surface area contributed by atoms with Crippen LogP contribution in [0, 0.1) is 0 Å². The van der Waals surface area contributed by atoms with E-state index in [1.165, 1.54) is 0 Å². The van der Waals surface area contributed by atoms with Crippen LogP contribution in [0.3, 0.4) is 0 Å². The summed E-state index contributed by atoms with van der Waals surface area (Å²) >= 11 is 18.7. The Bertz CT molecular complexity index is 963. The molecule has 1 N–H and O–H groups in total. The van der Waals surface area contributed by atoms with Crippen molar-refractivity contribution in [2.45, 2.75) is 26.6 Å². The van der Waals surface area contributed by atoms with Crippen molar-refractivity contribution in [3.8, 4) is 11.5 Å². The first-order chi connectivity index (χ1) is 14.1. The van der Waals surface area contributed by atoms with Crippen LogP contribution in [0.2, 0.25) is 15.1 Å². The van der Waals surface area contributed by atoms with Gasteiger partial charge in [-0.05, 0) is 47.9 Å². The molecule has 0 amide bonds. The number of halogens is 3. The Morgan fingerprint density at radius 2 is 1.52 bits per heavy atom. The van der Waals surface area contributed by atoms with E-state index in [-0.39, 0.29) is 0 Å². The molecule has 0 saturated heterocycles. The highest BCUT2D eigenvalue weighted by molar-refractivity contribution is 6.32. The predicted molar refractivity (Wildman–Crippen MR) is 120 cm³/mol. The van der Waals surface area contributed by atoms with Gasteiger partial charge in [-0.25, -0.2) is 0 Å². The molecule has 0 bridgehead atoms. The molecule has 3 nitrogen and oxygen atoms in total. The van der Waals surface area contributed by atoms with Crippen LogP contribution in [-0.4, -0.2) is 6.61 Å². The molecule has 0 atom stereocenters. The lowest BCUT2D eigenvalue weighted by Crippen LogP contribution is -2.13. The molecular weight excluding hydrogens is 429 g/mol. The van der Waals surface area contributed by atoms with Gasteiger partial charge in [0.2, 0.25) is 0 Å². The highest BCUT2D eigenvalue weighted by atomic mass is 35.5. The SMILES string of the molecule is CCOc1cc(CNCc2ccccc2Cl)c(Cl)cc1OCc1cccc(Cl)c1. The normalized spacial score (nSPS) is 10.8. The van der Waals surface area contributed by atoms with Gasteiger partial charge in [-0.2, -0.15) is 0 Å². The molecule has 3 aromatic rings. The van der Waals surface area contributed by atoms with E-state index in [1.54, 1.807) is 6.07 Å². The van der Waals surface area contributed by atoms with Crippen molar-refractivity contribution in [2.24, 2.45) is 0 Å². The lowest BCUT2D eigenvalue weighted by Gasteiger charge is -2.15. The maximum absolute atomic E-state index is 6.50. The van der Waals surface area contributed by atoms with Gasteiger partial charge >= 0.3 is 0 Å². The summed E-state index contributed by atoms with van der Waals surface area (Å²) in [5.74, 6) is 1.26. The third-order valence-electron chi connectivity index (χ3n) is 4.28. The number of ether oxygens (including phenoxy) is 2. The first-order valence-corrected chi connectivity index (χ1v) is 10.5. The average molecular weight is 451 g/mol. The van der Waals surface area contributed by atoms with Gasteiger partial charge in [0.1, 0.15) is 6.61 Å². The number of nitrogens with one attached hydrogen (secondary N) is 1. The minimum Gasteiger partial charge on any atom is -0.490 e.